The molecule has 0 aromatic heterocycles. The molecule has 16 heavy (non-hydrogen) atoms. The van der Waals surface area contributed by atoms with Gasteiger partial charge in [-0.25, -0.2) is 0 Å². The van der Waals surface area contributed by atoms with E-state index < -0.39 is 0 Å². The Morgan fingerprint density at radius 3 is 2.62 bits per heavy atom. The lowest BCUT2D eigenvalue weighted by atomic mass is 9.73. The summed E-state index contributed by atoms with van der Waals surface area (Å²) in [6, 6.07) is 0.840. The number of nitrogens with two attached hydrogens (primary N) is 1. The van der Waals surface area contributed by atoms with Gasteiger partial charge in [-0.1, -0.05) is 0 Å². The van der Waals surface area contributed by atoms with Gasteiger partial charge in [-0.2, -0.15) is 0 Å². The van der Waals surface area contributed by atoms with Crippen molar-refractivity contribution >= 4 is 5.97 Å². The summed E-state index contributed by atoms with van der Waals surface area (Å²) in [6.07, 6.45) is 5.45. The van der Waals surface area contributed by atoms with E-state index in [2.05, 4.69) is 4.90 Å². The first-order valence-corrected chi connectivity index (χ1v) is 6.37. The summed E-state index contributed by atoms with van der Waals surface area (Å²) in [5, 5.41) is 0. The SMILES string of the molecule is NCC1OC(=O)CC12CCN(C1CC1)CC2. The summed E-state index contributed by atoms with van der Waals surface area (Å²) in [4.78, 5) is 14.0. The Balaban J connectivity index is 1.67. The van der Waals surface area contributed by atoms with Crippen molar-refractivity contribution in [2.75, 3.05) is 19.6 Å². The number of esters is 1. The van der Waals surface area contributed by atoms with Gasteiger partial charge in [0.25, 0.3) is 0 Å². The minimum atomic E-state index is -0.0460. The molecule has 2 aliphatic heterocycles. The number of nitrogens with zero attached hydrogens (tertiary/aromatic N) is 1. The molecule has 3 fully saturated rings. The van der Waals surface area contributed by atoms with Gasteiger partial charge in [0.1, 0.15) is 6.10 Å². The van der Waals surface area contributed by atoms with E-state index in [0.29, 0.717) is 13.0 Å². The maximum atomic E-state index is 11.4. The van der Waals surface area contributed by atoms with Crippen LogP contribution in [0.5, 0.6) is 0 Å². The molecule has 1 aliphatic carbocycles. The Kier molecular flexibility index (Phi) is 2.44. The largest absolute Gasteiger partial charge is 0.460 e. The van der Waals surface area contributed by atoms with Crippen molar-refractivity contribution in [2.45, 2.75) is 44.2 Å². The fourth-order valence-electron chi connectivity index (χ4n) is 3.30. The summed E-state index contributed by atoms with van der Waals surface area (Å²) in [5.74, 6) is -0.0460. The second-order valence-corrected chi connectivity index (χ2v) is 5.52. The van der Waals surface area contributed by atoms with Crippen molar-refractivity contribution in [3.63, 3.8) is 0 Å². The molecule has 0 aromatic rings. The monoisotopic (exact) mass is 224 g/mol. The molecule has 0 amide bonds. The molecule has 1 unspecified atom stereocenters. The molecule has 2 saturated heterocycles. The molecule has 1 saturated carbocycles. The second-order valence-electron chi connectivity index (χ2n) is 5.52. The summed E-state index contributed by atoms with van der Waals surface area (Å²) >= 11 is 0. The minimum Gasteiger partial charge on any atom is -0.460 e. The van der Waals surface area contributed by atoms with Gasteiger partial charge in [-0.05, 0) is 38.8 Å². The number of ether oxygens (including phenoxy) is 1. The highest BCUT2D eigenvalue weighted by molar-refractivity contribution is 5.73. The van der Waals surface area contributed by atoms with E-state index in [0.717, 1.165) is 32.0 Å². The number of cyclic esters (lactones) is 1. The Morgan fingerprint density at radius 1 is 1.38 bits per heavy atom. The van der Waals surface area contributed by atoms with Gasteiger partial charge >= 0.3 is 5.97 Å². The number of likely N-dealkylation sites (tertiary alicyclic amines) is 1. The Bertz CT molecular complexity index is 293. The lowest BCUT2D eigenvalue weighted by Gasteiger charge is -2.40. The van der Waals surface area contributed by atoms with Crippen LogP contribution in [-0.2, 0) is 9.53 Å². The van der Waals surface area contributed by atoms with Crippen LogP contribution in [-0.4, -0.2) is 42.6 Å². The van der Waals surface area contributed by atoms with Gasteiger partial charge in [-0.3, -0.25) is 4.79 Å². The third-order valence-corrected chi connectivity index (χ3v) is 4.52. The van der Waals surface area contributed by atoms with E-state index in [-0.39, 0.29) is 17.5 Å². The van der Waals surface area contributed by atoms with Crippen LogP contribution in [0.15, 0.2) is 0 Å². The van der Waals surface area contributed by atoms with Crippen molar-refractivity contribution in [3.05, 3.63) is 0 Å². The molecule has 2 N–H and O–H groups in total. The smallest absolute Gasteiger partial charge is 0.306 e. The zero-order chi connectivity index (χ0) is 11.2. The van der Waals surface area contributed by atoms with E-state index >= 15 is 0 Å². The molecule has 4 nitrogen and oxygen atoms in total. The van der Waals surface area contributed by atoms with E-state index in [9.17, 15) is 4.79 Å². The average molecular weight is 224 g/mol. The summed E-state index contributed by atoms with van der Waals surface area (Å²) < 4.78 is 5.33. The predicted molar refractivity (Wildman–Crippen MR) is 59.8 cm³/mol. The maximum Gasteiger partial charge on any atom is 0.306 e. The van der Waals surface area contributed by atoms with Crippen LogP contribution in [0, 0.1) is 5.41 Å². The van der Waals surface area contributed by atoms with Crippen LogP contribution in [0.1, 0.15) is 32.1 Å². The number of rotatable bonds is 2. The average Bonchev–Trinajstić information content (AvgIpc) is 3.06. The molecule has 1 spiro atoms. The Morgan fingerprint density at radius 2 is 2.06 bits per heavy atom. The zero-order valence-electron chi connectivity index (χ0n) is 9.65. The van der Waals surface area contributed by atoms with Crippen LogP contribution < -0.4 is 5.73 Å². The molecule has 3 aliphatic rings. The molecular weight excluding hydrogens is 204 g/mol. The minimum absolute atomic E-state index is 0.0265. The Labute approximate surface area is 96.1 Å². The summed E-state index contributed by atoms with van der Waals surface area (Å²) in [5.41, 5.74) is 5.78. The molecule has 0 bridgehead atoms. The first-order valence-electron chi connectivity index (χ1n) is 6.37. The summed E-state index contributed by atoms with van der Waals surface area (Å²) in [6.45, 7) is 2.73. The maximum absolute atomic E-state index is 11.4. The van der Waals surface area contributed by atoms with Gasteiger partial charge in [0.2, 0.25) is 0 Å². The highest BCUT2D eigenvalue weighted by Gasteiger charge is 2.50. The number of hydrogen-bond acceptors (Lipinski definition) is 4. The fraction of sp³-hybridized carbons (Fsp3) is 0.917. The van der Waals surface area contributed by atoms with Gasteiger partial charge in [-0.15, -0.1) is 0 Å². The molecule has 90 valence electrons. The van der Waals surface area contributed by atoms with Crippen molar-refractivity contribution in [3.8, 4) is 0 Å². The fourth-order valence-corrected chi connectivity index (χ4v) is 3.30. The van der Waals surface area contributed by atoms with Gasteiger partial charge in [0, 0.05) is 18.0 Å². The lowest BCUT2D eigenvalue weighted by molar-refractivity contribution is -0.141. The number of hydrogen-bond donors (Lipinski definition) is 1. The van der Waals surface area contributed by atoms with Crippen molar-refractivity contribution in [1.82, 2.24) is 4.90 Å². The third kappa shape index (κ3) is 1.64. The molecule has 0 aromatic carbocycles. The quantitative estimate of drug-likeness (QED) is 0.694. The molecular formula is C12H20N2O2. The highest BCUT2D eigenvalue weighted by atomic mass is 16.6. The molecule has 4 heteroatoms. The van der Waals surface area contributed by atoms with E-state index in [4.69, 9.17) is 10.5 Å². The van der Waals surface area contributed by atoms with Crippen molar-refractivity contribution in [2.24, 2.45) is 11.1 Å². The topological polar surface area (TPSA) is 55.6 Å². The molecule has 1 atom stereocenters. The van der Waals surface area contributed by atoms with Gasteiger partial charge in [0.05, 0.1) is 6.42 Å². The predicted octanol–water partition coefficient (Wildman–Crippen LogP) is 0.505. The van der Waals surface area contributed by atoms with Gasteiger partial charge in [0.15, 0.2) is 0 Å². The van der Waals surface area contributed by atoms with Crippen molar-refractivity contribution < 1.29 is 9.53 Å². The van der Waals surface area contributed by atoms with Crippen LogP contribution in [0.3, 0.4) is 0 Å². The highest BCUT2D eigenvalue weighted by Crippen LogP contribution is 2.45. The molecule has 2 heterocycles. The summed E-state index contributed by atoms with van der Waals surface area (Å²) in [7, 11) is 0. The number of piperidine rings is 1. The Hall–Kier alpha value is -0.610. The normalized spacial score (nSPS) is 34.3. The molecule has 0 radical (unpaired) electrons. The van der Waals surface area contributed by atoms with Crippen LogP contribution in [0.25, 0.3) is 0 Å². The van der Waals surface area contributed by atoms with Crippen molar-refractivity contribution in [1.29, 1.82) is 0 Å². The first-order chi connectivity index (χ1) is 7.73. The standard InChI is InChI=1S/C12H20N2O2/c13-8-10-12(7-11(15)16-10)3-5-14(6-4-12)9-1-2-9/h9-10H,1-8,13H2. The van der Waals surface area contributed by atoms with E-state index in [1.165, 1.54) is 12.8 Å². The van der Waals surface area contributed by atoms with Crippen LogP contribution in [0.4, 0.5) is 0 Å². The second kappa shape index (κ2) is 3.70. The number of carbonyl (C=O) groups excluding carboxylic acids is 1. The third-order valence-electron chi connectivity index (χ3n) is 4.52. The van der Waals surface area contributed by atoms with Crippen LogP contribution in [0.2, 0.25) is 0 Å². The van der Waals surface area contributed by atoms with E-state index in [1.807, 2.05) is 0 Å². The first kappa shape index (κ1) is 10.5. The zero-order valence-corrected chi connectivity index (χ0v) is 9.65. The van der Waals surface area contributed by atoms with Crippen LogP contribution >= 0.6 is 0 Å². The van der Waals surface area contributed by atoms with E-state index in [1.54, 1.807) is 0 Å². The van der Waals surface area contributed by atoms with Gasteiger partial charge < -0.3 is 15.4 Å². The lowest BCUT2D eigenvalue weighted by Crippen LogP contribution is -2.47. The molecule has 3 rings (SSSR count). The number of carbonyl (C=O) groups is 1.